The number of nitrogens with zero attached hydrogens (tertiary/aromatic N) is 1. The zero-order valence-corrected chi connectivity index (χ0v) is 15.8. The average molecular weight is 391 g/mol. The molecule has 144 valence electrons. The van der Waals surface area contributed by atoms with E-state index < -0.39 is 23.7 Å². The Morgan fingerprint density at radius 1 is 1.15 bits per heavy atom. The zero-order chi connectivity index (χ0) is 19.4. The summed E-state index contributed by atoms with van der Waals surface area (Å²) in [7, 11) is 0. The van der Waals surface area contributed by atoms with E-state index in [-0.39, 0.29) is 6.42 Å². The Bertz CT molecular complexity index is 762. The predicted octanol–water partition coefficient (Wildman–Crippen LogP) is 3.52. The van der Waals surface area contributed by atoms with Crippen LogP contribution in [-0.2, 0) is 5.60 Å². The van der Waals surface area contributed by atoms with Crippen molar-refractivity contribution in [1.82, 2.24) is 4.90 Å². The summed E-state index contributed by atoms with van der Waals surface area (Å²) in [4.78, 5) is 14.1. The van der Waals surface area contributed by atoms with Crippen molar-refractivity contribution in [1.29, 1.82) is 0 Å². The number of Topliss-reactive ketones (excluding diaryl/α,β-unsaturated/α-hetero) is 1. The van der Waals surface area contributed by atoms with Gasteiger partial charge in [-0.15, -0.1) is 0 Å². The second-order valence-electron chi connectivity index (χ2n) is 7.08. The molecule has 0 saturated carbocycles. The molecule has 1 aliphatic rings. The minimum Gasteiger partial charge on any atom is -0.385 e. The SMILES string of the molecule is NC(CC(F)C(=O)c1ccccc1)N1CCC(O)(c2ccc(Cl)cc2)CC1. The Morgan fingerprint density at radius 3 is 2.33 bits per heavy atom. The number of benzene rings is 2. The third kappa shape index (κ3) is 4.74. The first-order valence-electron chi connectivity index (χ1n) is 9.10. The molecule has 1 heterocycles. The fraction of sp³-hybridized carbons (Fsp3) is 0.381. The number of rotatable bonds is 6. The van der Waals surface area contributed by atoms with Crippen LogP contribution in [0.4, 0.5) is 4.39 Å². The maximum absolute atomic E-state index is 14.4. The summed E-state index contributed by atoms with van der Waals surface area (Å²) >= 11 is 5.91. The molecular weight excluding hydrogens is 367 g/mol. The number of aliphatic hydroxyl groups is 1. The molecule has 1 fully saturated rings. The number of halogens is 2. The van der Waals surface area contributed by atoms with Crippen molar-refractivity contribution in [3.8, 4) is 0 Å². The molecule has 2 aromatic carbocycles. The van der Waals surface area contributed by atoms with Crippen LogP contribution in [0.2, 0.25) is 5.02 Å². The molecule has 27 heavy (non-hydrogen) atoms. The lowest BCUT2D eigenvalue weighted by molar-refractivity contribution is -0.0374. The molecule has 0 aromatic heterocycles. The molecule has 0 aliphatic carbocycles. The van der Waals surface area contributed by atoms with Crippen molar-refractivity contribution in [3.63, 3.8) is 0 Å². The molecule has 4 nitrogen and oxygen atoms in total. The van der Waals surface area contributed by atoms with Gasteiger partial charge in [0.2, 0.25) is 0 Å². The van der Waals surface area contributed by atoms with Crippen LogP contribution in [0.15, 0.2) is 54.6 Å². The molecule has 3 rings (SSSR count). The van der Waals surface area contributed by atoms with E-state index in [0.29, 0.717) is 36.5 Å². The van der Waals surface area contributed by atoms with Crippen LogP contribution in [0.5, 0.6) is 0 Å². The van der Waals surface area contributed by atoms with Crippen molar-refractivity contribution >= 4 is 17.4 Å². The average Bonchev–Trinajstić information content (AvgIpc) is 2.69. The highest BCUT2D eigenvalue weighted by atomic mass is 35.5. The van der Waals surface area contributed by atoms with Crippen LogP contribution < -0.4 is 5.73 Å². The van der Waals surface area contributed by atoms with Crippen molar-refractivity contribution < 1.29 is 14.3 Å². The number of likely N-dealkylation sites (tertiary alicyclic amines) is 1. The minimum absolute atomic E-state index is 0.0624. The van der Waals surface area contributed by atoms with Gasteiger partial charge in [-0.2, -0.15) is 0 Å². The van der Waals surface area contributed by atoms with Gasteiger partial charge in [0.15, 0.2) is 12.0 Å². The van der Waals surface area contributed by atoms with Crippen LogP contribution in [0.1, 0.15) is 35.2 Å². The summed E-state index contributed by atoms with van der Waals surface area (Å²) in [5.41, 5.74) is 6.39. The predicted molar refractivity (Wildman–Crippen MR) is 104 cm³/mol. The van der Waals surface area contributed by atoms with Crippen molar-refractivity contribution in [2.45, 2.75) is 37.2 Å². The summed E-state index contributed by atoms with van der Waals surface area (Å²) in [6, 6.07) is 15.6. The Morgan fingerprint density at radius 2 is 1.74 bits per heavy atom. The van der Waals surface area contributed by atoms with Crippen LogP contribution >= 0.6 is 11.6 Å². The first kappa shape index (κ1) is 20.0. The van der Waals surface area contributed by atoms with E-state index in [1.165, 1.54) is 0 Å². The first-order chi connectivity index (χ1) is 12.9. The molecule has 1 aliphatic heterocycles. The number of hydrogen-bond donors (Lipinski definition) is 2. The van der Waals surface area contributed by atoms with Gasteiger partial charge in [0, 0.05) is 30.1 Å². The van der Waals surface area contributed by atoms with Gasteiger partial charge in [-0.25, -0.2) is 4.39 Å². The molecule has 0 bridgehead atoms. The number of nitrogens with two attached hydrogens (primary N) is 1. The highest BCUT2D eigenvalue weighted by molar-refractivity contribution is 6.30. The van der Waals surface area contributed by atoms with Gasteiger partial charge in [-0.3, -0.25) is 9.69 Å². The Hall–Kier alpha value is -1.79. The lowest BCUT2D eigenvalue weighted by Gasteiger charge is -2.41. The van der Waals surface area contributed by atoms with Gasteiger partial charge >= 0.3 is 0 Å². The topological polar surface area (TPSA) is 66.6 Å². The van der Waals surface area contributed by atoms with Crippen LogP contribution in [-0.4, -0.2) is 41.2 Å². The number of piperidine rings is 1. The second kappa shape index (κ2) is 8.48. The third-order valence-corrected chi connectivity index (χ3v) is 5.52. The molecule has 3 N–H and O–H groups in total. The fourth-order valence-corrected chi connectivity index (χ4v) is 3.65. The van der Waals surface area contributed by atoms with Gasteiger partial charge in [0.25, 0.3) is 0 Å². The van der Waals surface area contributed by atoms with E-state index in [4.69, 9.17) is 17.3 Å². The van der Waals surface area contributed by atoms with E-state index in [0.717, 1.165) is 5.56 Å². The summed E-state index contributed by atoms with van der Waals surface area (Å²) in [5, 5.41) is 11.5. The number of carbonyl (C=O) groups excluding carboxylic acids is 1. The third-order valence-electron chi connectivity index (χ3n) is 5.27. The Kier molecular flexibility index (Phi) is 6.27. The first-order valence-corrected chi connectivity index (χ1v) is 9.48. The number of hydrogen-bond acceptors (Lipinski definition) is 4. The number of carbonyl (C=O) groups is 1. The molecule has 6 heteroatoms. The van der Waals surface area contributed by atoms with E-state index in [1.807, 2.05) is 17.0 Å². The normalized spacial score (nSPS) is 19.4. The van der Waals surface area contributed by atoms with Gasteiger partial charge in [0.05, 0.1) is 11.8 Å². The largest absolute Gasteiger partial charge is 0.385 e. The van der Waals surface area contributed by atoms with E-state index in [2.05, 4.69) is 0 Å². The molecular formula is C21H24ClFN2O2. The highest BCUT2D eigenvalue weighted by Gasteiger charge is 2.36. The second-order valence-corrected chi connectivity index (χ2v) is 7.51. The Labute approximate surface area is 163 Å². The van der Waals surface area contributed by atoms with Crippen LogP contribution in [0, 0.1) is 0 Å². The molecule has 2 unspecified atom stereocenters. The molecule has 0 radical (unpaired) electrons. The lowest BCUT2D eigenvalue weighted by atomic mass is 9.84. The molecule has 0 amide bonds. The summed E-state index contributed by atoms with van der Waals surface area (Å²) < 4.78 is 14.4. The summed E-state index contributed by atoms with van der Waals surface area (Å²) in [6.07, 6.45) is -1.29. The van der Waals surface area contributed by atoms with Crippen molar-refractivity contribution in [2.24, 2.45) is 5.73 Å². The molecule has 0 spiro atoms. The minimum atomic E-state index is -1.64. The van der Waals surface area contributed by atoms with Crippen LogP contribution in [0.25, 0.3) is 0 Å². The number of ketones is 1. The number of alkyl halides is 1. The summed E-state index contributed by atoms with van der Waals surface area (Å²) in [6.45, 7) is 1.07. The van der Waals surface area contributed by atoms with E-state index in [9.17, 15) is 14.3 Å². The van der Waals surface area contributed by atoms with Gasteiger partial charge in [-0.1, -0.05) is 54.1 Å². The standard InChI is InChI=1S/C21H24ClFN2O2/c22-17-8-6-16(7-9-17)21(27)10-12-25(13-11-21)19(24)14-18(23)20(26)15-4-2-1-3-5-15/h1-9,18-19,27H,10-14,24H2. The quantitative estimate of drug-likeness (QED) is 0.740. The zero-order valence-electron chi connectivity index (χ0n) is 15.0. The monoisotopic (exact) mass is 390 g/mol. The highest BCUT2D eigenvalue weighted by Crippen LogP contribution is 2.34. The fourth-order valence-electron chi connectivity index (χ4n) is 3.53. The van der Waals surface area contributed by atoms with Gasteiger partial charge < -0.3 is 10.8 Å². The Balaban J connectivity index is 1.56. The molecule has 2 aromatic rings. The van der Waals surface area contributed by atoms with E-state index >= 15 is 0 Å². The van der Waals surface area contributed by atoms with Gasteiger partial charge in [0.1, 0.15) is 0 Å². The smallest absolute Gasteiger partial charge is 0.197 e. The maximum atomic E-state index is 14.4. The summed E-state index contributed by atoms with van der Waals surface area (Å²) in [5.74, 6) is -0.541. The maximum Gasteiger partial charge on any atom is 0.197 e. The lowest BCUT2D eigenvalue weighted by Crippen LogP contribution is -2.51. The van der Waals surface area contributed by atoms with Crippen LogP contribution in [0.3, 0.4) is 0 Å². The van der Waals surface area contributed by atoms with Crippen molar-refractivity contribution in [2.75, 3.05) is 13.1 Å². The molecule has 2 atom stereocenters. The molecule has 1 saturated heterocycles. The van der Waals surface area contributed by atoms with E-state index in [1.54, 1.807) is 42.5 Å². The van der Waals surface area contributed by atoms with Crippen molar-refractivity contribution in [3.05, 3.63) is 70.7 Å². The van der Waals surface area contributed by atoms with Gasteiger partial charge in [-0.05, 0) is 30.5 Å².